The van der Waals surface area contributed by atoms with E-state index >= 15 is 0 Å². The first kappa shape index (κ1) is 21.7. The normalized spacial score (nSPS) is 19.7. The minimum absolute atomic E-state index is 0.0127. The Bertz CT molecular complexity index is 619. The Kier molecular flexibility index (Phi) is 8.58. The summed E-state index contributed by atoms with van der Waals surface area (Å²) in [6.45, 7) is 6.91. The molecule has 1 aliphatic carbocycles. The first-order valence-electron chi connectivity index (χ1n) is 9.83. The SMILES string of the molecule is CCC(=O)N(C1CCN(CC)CC1)C(CC1=CC=C(Cl)C=CC1)C(=O)OC. The van der Waals surface area contributed by atoms with Gasteiger partial charge in [-0.3, -0.25) is 4.79 Å². The summed E-state index contributed by atoms with van der Waals surface area (Å²) in [7, 11) is 1.39. The van der Waals surface area contributed by atoms with E-state index in [0.29, 0.717) is 24.3 Å². The van der Waals surface area contributed by atoms with Gasteiger partial charge in [0.25, 0.3) is 0 Å². The van der Waals surface area contributed by atoms with Crippen molar-refractivity contribution >= 4 is 23.5 Å². The summed E-state index contributed by atoms with van der Waals surface area (Å²) in [5.74, 6) is -0.336. The number of likely N-dealkylation sites (tertiary alicyclic amines) is 1. The molecule has 2 aliphatic rings. The molecule has 0 aromatic heterocycles. The number of hydrogen-bond acceptors (Lipinski definition) is 4. The van der Waals surface area contributed by atoms with Crippen molar-refractivity contribution in [2.75, 3.05) is 26.7 Å². The molecule has 1 atom stereocenters. The van der Waals surface area contributed by atoms with E-state index in [1.54, 1.807) is 4.90 Å². The van der Waals surface area contributed by atoms with E-state index < -0.39 is 6.04 Å². The fourth-order valence-corrected chi connectivity index (χ4v) is 3.96. The van der Waals surface area contributed by atoms with Crippen LogP contribution < -0.4 is 0 Å². The molecule has 5 nitrogen and oxygen atoms in total. The van der Waals surface area contributed by atoms with E-state index in [4.69, 9.17) is 16.3 Å². The molecule has 0 aromatic rings. The number of amides is 1. The number of rotatable bonds is 7. The zero-order chi connectivity index (χ0) is 19.8. The van der Waals surface area contributed by atoms with Gasteiger partial charge >= 0.3 is 5.97 Å². The summed E-state index contributed by atoms with van der Waals surface area (Å²) >= 11 is 6.07. The summed E-state index contributed by atoms with van der Waals surface area (Å²) in [6.07, 6.45) is 11.0. The second-order valence-electron chi connectivity index (χ2n) is 7.05. The third kappa shape index (κ3) is 5.94. The first-order valence-corrected chi connectivity index (χ1v) is 10.2. The summed E-state index contributed by atoms with van der Waals surface area (Å²) in [5.41, 5.74) is 1.07. The molecule has 1 amide bonds. The number of methoxy groups -OCH3 is 1. The van der Waals surface area contributed by atoms with Gasteiger partial charge in [-0.25, -0.2) is 4.79 Å². The monoisotopic (exact) mass is 394 g/mol. The van der Waals surface area contributed by atoms with Gasteiger partial charge in [-0.2, -0.15) is 0 Å². The highest BCUT2D eigenvalue weighted by Gasteiger charge is 2.36. The van der Waals surface area contributed by atoms with E-state index in [2.05, 4.69) is 11.8 Å². The minimum atomic E-state index is -0.592. The molecule has 0 spiro atoms. The molecular formula is C21H31ClN2O3. The Balaban J connectivity index is 2.25. The van der Waals surface area contributed by atoms with E-state index in [9.17, 15) is 9.59 Å². The fraction of sp³-hybridized carbons (Fsp3) is 0.619. The molecule has 1 aliphatic heterocycles. The number of esters is 1. The van der Waals surface area contributed by atoms with Crippen LogP contribution in [0.1, 0.15) is 46.0 Å². The molecule has 0 aromatic carbocycles. The zero-order valence-corrected chi connectivity index (χ0v) is 17.4. The maximum absolute atomic E-state index is 12.8. The maximum Gasteiger partial charge on any atom is 0.328 e. The predicted molar refractivity (Wildman–Crippen MR) is 108 cm³/mol. The molecule has 0 saturated carbocycles. The van der Waals surface area contributed by atoms with Gasteiger partial charge in [-0.05, 0) is 38.0 Å². The van der Waals surface area contributed by atoms with E-state index in [1.807, 2.05) is 31.2 Å². The molecule has 2 rings (SSSR count). The van der Waals surface area contributed by atoms with Crippen molar-refractivity contribution in [2.24, 2.45) is 0 Å². The number of hydrogen-bond donors (Lipinski definition) is 0. The van der Waals surface area contributed by atoms with Crippen LogP contribution in [0.25, 0.3) is 0 Å². The van der Waals surface area contributed by atoms with Gasteiger partial charge in [0.1, 0.15) is 6.04 Å². The number of carbonyl (C=O) groups excluding carboxylic acids is 2. The smallest absolute Gasteiger partial charge is 0.328 e. The molecule has 0 N–H and O–H groups in total. The van der Waals surface area contributed by atoms with E-state index in [1.165, 1.54) is 7.11 Å². The Morgan fingerprint density at radius 1 is 1.30 bits per heavy atom. The maximum atomic E-state index is 12.8. The summed E-state index contributed by atoms with van der Waals surface area (Å²) < 4.78 is 5.09. The van der Waals surface area contributed by atoms with Crippen molar-refractivity contribution in [3.63, 3.8) is 0 Å². The van der Waals surface area contributed by atoms with Gasteiger partial charge in [0.05, 0.1) is 7.11 Å². The van der Waals surface area contributed by atoms with Gasteiger partial charge in [0.15, 0.2) is 0 Å². The Labute approximate surface area is 167 Å². The molecule has 1 heterocycles. The lowest BCUT2D eigenvalue weighted by molar-refractivity contribution is -0.155. The molecule has 0 bridgehead atoms. The van der Waals surface area contributed by atoms with Crippen molar-refractivity contribution < 1.29 is 14.3 Å². The lowest BCUT2D eigenvalue weighted by Crippen LogP contribution is -2.54. The zero-order valence-electron chi connectivity index (χ0n) is 16.6. The van der Waals surface area contributed by atoms with Crippen LogP contribution in [0, 0.1) is 0 Å². The van der Waals surface area contributed by atoms with Crippen LogP contribution in [-0.4, -0.2) is 60.5 Å². The molecule has 150 valence electrons. The standard InChI is InChI=1S/C21H31ClN2O3/c1-4-20(25)24(18-11-13-23(5-2)14-12-18)19(21(26)27-3)15-16-7-6-8-17(22)10-9-16/h6,8-10,18-19H,4-5,7,11-15H2,1-3H3. The van der Waals surface area contributed by atoms with Crippen molar-refractivity contribution in [1.82, 2.24) is 9.80 Å². The number of halogens is 1. The van der Waals surface area contributed by atoms with Gasteiger partial charge in [-0.1, -0.05) is 43.2 Å². The molecule has 1 saturated heterocycles. The Hall–Kier alpha value is -1.59. The highest BCUT2D eigenvalue weighted by atomic mass is 35.5. The number of allylic oxidation sites excluding steroid dienone is 5. The summed E-state index contributed by atoms with van der Waals surface area (Å²) in [6, 6.07) is -0.518. The van der Waals surface area contributed by atoms with Crippen LogP contribution in [0.5, 0.6) is 0 Å². The van der Waals surface area contributed by atoms with Gasteiger partial charge in [-0.15, -0.1) is 0 Å². The van der Waals surface area contributed by atoms with Crippen molar-refractivity contribution in [3.8, 4) is 0 Å². The minimum Gasteiger partial charge on any atom is -0.467 e. The average molecular weight is 395 g/mol. The largest absolute Gasteiger partial charge is 0.467 e. The lowest BCUT2D eigenvalue weighted by atomic mass is 9.96. The molecule has 0 radical (unpaired) electrons. The fourth-order valence-electron chi connectivity index (χ4n) is 3.80. The summed E-state index contributed by atoms with van der Waals surface area (Å²) in [4.78, 5) is 29.7. The summed E-state index contributed by atoms with van der Waals surface area (Å²) in [5, 5.41) is 0.660. The Morgan fingerprint density at radius 2 is 2.00 bits per heavy atom. The Morgan fingerprint density at radius 3 is 2.59 bits per heavy atom. The molecule has 1 fully saturated rings. The van der Waals surface area contributed by atoms with Crippen LogP contribution in [0.3, 0.4) is 0 Å². The van der Waals surface area contributed by atoms with Gasteiger partial charge in [0.2, 0.25) is 5.91 Å². The molecule has 1 unspecified atom stereocenters. The highest BCUT2D eigenvalue weighted by Crippen LogP contribution is 2.26. The molecular weight excluding hydrogens is 364 g/mol. The predicted octanol–water partition coefficient (Wildman–Crippen LogP) is 3.65. The van der Waals surface area contributed by atoms with Crippen LogP contribution in [0.2, 0.25) is 0 Å². The van der Waals surface area contributed by atoms with Gasteiger partial charge < -0.3 is 14.5 Å². The topological polar surface area (TPSA) is 49.9 Å². The van der Waals surface area contributed by atoms with Crippen LogP contribution in [0.4, 0.5) is 0 Å². The van der Waals surface area contributed by atoms with Gasteiger partial charge in [0, 0.05) is 37.0 Å². The lowest BCUT2D eigenvalue weighted by Gasteiger charge is -2.41. The van der Waals surface area contributed by atoms with Crippen molar-refractivity contribution in [1.29, 1.82) is 0 Å². The average Bonchev–Trinajstić information content (AvgIpc) is 2.91. The van der Waals surface area contributed by atoms with Crippen LogP contribution >= 0.6 is 11.6 Å². The molecule has 6 heteroatoms. The third-order valence-electron chi connectivity index (χ3n) is 5.39. The number of ether oxygens (including phenoxy) is 1. The number of carbonyl (C=O) groups is 2. The van der Waals surface area contributed by atoms with Crippen LogP contribution in [-0.2, 0) is 14.3 Å². The quantitative estimate of drug-likeness (QED) is 0.618. The van der Waals surface area contributed by atoms with Crippen molar-refractivity contribution in [2.45, 2.75) is 58.0 Å². The highest BCUT2D eigenvalue weighted by molar-refractivity contribution is 6.31. The second-order valence-corrected chi connectivity index (χ2v) is 7.48. The second kappa shape index (κ2) is 10.7. The van der Waals surface area contributed by atoms with E-state index in [-0.39, 0.29) is 17.9 Å². The molecule has 27 heavy (non-hydrogen) atoms. The van der Waals surface area contributed by atoms with Crippen molar-refractivity contribution in [3.05, 3.63) is 34.9 Å². The van der Waals surface area contributed by atoms with Crippen LogP contribution in [0.15, 0.2) is 34.9 Å². The first-order chi connectivity index (χ1) is 13.0. The number of piperidine rings is 1. The number of nitrogens with zero attached hydrogens (tertiary/aromatic N) is 2. The third-order valence-corrected chi connectivity index (χ3v) is 5.64. The van der Waals surface area contributed by atoms with E-state index in [0.717, 1.165) is 38.0 Å².